The molecule has 3 aromatic rings. The van der Waals surface area contributed by atoms with E-state index in [-0.39, 0.29) is 11.3 Å². The molecular formula is C24H23NO5. The Morgan fingerprint density at radius 1 is 0.900 bits per heavy atom. The SMILES string of the molecule is COc1ccc(C(=O)O[C@H](C)C(=O)NC(c2ccccc2)c2ccccc2)c(O)c1. The average Bonchev–Trinajstić information content (AvgIpc) is 2.78. The van der Waals surface area contributed by atoms with Gasteiger partial charge in [0.1, 0.15) is 17.1 Å². The van der Waals surface area contributed by atoms with Crippen LogP contribution in [-0.2, 0) is 9.53 Å². The number of methoxy groups -OCH3 is 1. The highest BCUT2D eigenvalue weighted by atomic mass is 16.5. The van der Waals surface area contributed by atoms with E-state index in [0.29, 0.717) is 5.75 Å². The maximum atomic E-state index is 12.8. The van der Waals surface area contributed by atoms with Crippen LogP contribution >= 0.6 is 0 Å². The van der Waals surface area contributed by atoms with Gasteiger partial charge in [0.25, 0.3) is 5.91 Å². The molecule has 0 aliphatic carbocycles. The number of phenolic OH excluding ortho intramolecular Hbond substituents is 1. The summed E-state index contributed by atoms with van der Waals surface area (Å²) in [4.78, 5) is 25.2. The molecule has 3 rings (SSSR count). The number of esters is 1. The topological polar surface area (TPSA) is 84.9 Å². The standard InChI is InChI=1S/C24H23NO5/c1-16(30-24(28)20-14-13-19(29-2)15-21(20)26)23(27)25-22(17-9-5-3-6-10-17)18-11-7-4-8-12-18/h3-16,22,26H,1-2H3,(H,25,27)/t16-/m1/s1. The van der Waals surface area contributed by atoms with Crippen LogP contribution in [0.2, 0.25) is 0 Å². The van der Waals surface area contributed by atoms with Gasteiger partial charge in [-0.15, -0.1) is 0 Å². The Balaban J connectivity index is 1.73. The zero-order valence-corrected chi connectivity index (χ0v) is 16.7. The lowest BCUT2D eigenvalue weighted by molar-refractivity contribution is -0.129. The Morgan fingerprint density at radius 2 is 1.47 bits per heavy atom. The fourth-order valence-electron chi connectivity index (χ4n) is 3.00. The molecule has 0 bridgehead atoms. The summed E-state index contributed by atoms with van der Waals surface area (Å²) >= 11 is 0. The van der Waals surface area contributed by atoms with Crippen LogP contribution in [0.1, 0.15) is 34.5 Å². The second kappa shape index (κ2) is 9.60. The maximum Gasteiger partial charge on any atom is 0.342 e. The largest absolute Gasteiger partial charge is 0.507 e. The summed E-state index contributed by atoms with van der Waals surface area (Å²) in [7, 11) is 1.45. The van der Waals surface area contributed by atoms with E-state index in [2.05, 4.69) is 5.32 Å². The first kappa shape index (κ1) is 20.9. The molecule has 3 aromatic carbocycles. The third-order valence-electron chi connectivity index (χ3n) is 4.63. The van der Waals surface area contributed by atoms with E-state index in [9.17, 15) is 14.7 Å². The molecule has 6 nitrogen and oxygen atoms in total. The van der Waals surface area contributed by atoms with Crippen LogP contribution in [0.4, 0.5) is 0 Å². The molecule has 0 saturated carbocycles. The van der Waals surface area contributed by atoms with Gasteiger partial charge < -0.3 is 19.9 Å². The van der Waals surface area contributed by atoms with Crippen molar-refractivity contribution in [2.75, 3.05) is 7.11 Å². The lowest BCUT2D eigenvalue weighted by atomic mass is 9.98. The first-order valence-electron chi connectivity index (χ1n) is 9.48. The Morgan fingerprint density at radius 3 is 1.97 bits per heavy atom. The highest BCUT2D eigenvalue weighted by Gasteiger charge is 2.24. The molecule has 0 aromatic heterocycles. The first-order chi connectivity index (χ1) is 14.5. The molecule has 0 radical (unpaired) electrons. The number of hydrogen-bond acceptors (Lipinski definition) is 5. The molecule has 0 saturated heterocycles. The number of nitrogens with one attached hydrogen (secondary N) is 1. The molecule has 1 amide bonds. The van der Waals surface area contributed by atoms with Crippen molar-refractivity contribution in [2.45, 2.75) is 19.1 Å². The number of hydrogen-bond donors (Lipinski definition) is 2. The number of rotatable bonds is 7. The van der Waals surface area contributed by atoms with Crippen LogP contribution in [0.5, 0.6) is 11.5 Å². The highest BCUT2D eigenvalue weighted by molar-refractivity contribution is 5.94. The van der Waals surface area contributed by atoms with Gasteiger partial charge >= 0.3 is 5.97 Å². The summed E-state index contributed by atoms with van der Waals surface area (Å²) in [6.45, 7) is 1.49. The summed E-state index contributed by atoms with van der Waals surface area (Å²) in [5.41, 5.74) is 1.77. The lowest BCUT2D eigenvalue weighted by Crippen LogP contribution is -2.38. The van der Waals surface area contributed by atoms with Crippen molar-refractivity contribution in [1.82, 2.24) is 5.32 Å². The number of phenols is 1. The average molecular weight is 405 g/mol. The molecule has 0 spiro atoms. The molecule has 6 heteroatoms. The fourth-order valence-corrected chi connectivity index (χ4v) is 3.00. The summed E-state index contributed by atoms with van der Waals surface area (Å²) in [6.07, 6.45) is -1.06. The van der Waals surface area contributed by atoms with Gasteiger partial charge in [0.05, 0.1) is 13.2 Å². The third-order valence-corrected chi connectivity index (χ3v) is 4.63. The van der Waals surface area contributed by atoms with E-state index in [4.69, 9.17) is 9.47 Å². The van der Waals surface area contributed by atoms with Crippen molar-refractivity contribution in [3.8, 4) is 11.5 Å². The summed E-state index contributed by atoms with van der Waals surface area (Å²) in [6, 6.07) is 22.9. The number of benzene rings is 3. The second-order valence-electron chi connectivity index (χ2n) is 6.69. The Hall–Kier alpha value is -3.80. The van der Waals surface area contributed by atoms with Crippen LogP contribution in [0.3, 0.4) is 0 Å². The minimum Gasteiger partial charge on any atom is -0.507 e. The number of carbonyl (C=O) groups is 2. The number of aromatic hydroxyl groups is 1. The lowest BCUT2D eigenvalue weighted by Gasteiger charge is -2.22. The second-order valence-corrected chi connectivity index (χ2v) is 6.69. The van der Waals surface area contributed by atoms with Crippen molar-refractivity contribution < 1.29 is 24.2 Å². The first-order valence-corrected chi connectivity index (χ1v) is 9.48. The Kier molecular flexibility index (Phi) is 6.70. The van der Waals surface area contributed by atoms with E-state index < -0.39 is 24.0 Å². The molecule has 0 heterocycles. The van der Waals surface area contributed by atoms with Crippen LogP contribution in [0.15, 0.2) is 78.9 Å². The van der Waals surface area contributed by atoms with Gasteiger partial charge in [-0.05, 0) is 30.2 Å². The molecule has 30 heavy (non-hydrogen) atoms. The van der Waals surface area contributed by atoms with Gasteiger partial charge in [-0.3, -0.25) is 4.79 Å². The van der Waals surface area contributed by atoms with Gasteiger partial charge in [-0.2, -0.15) is 0 Å². The summed E-state index contributed by atoms with van der Waals surface area (Å²) < 4.78 is 10.3. The van der Waals surface area contributed by atoms with Crippen molar-refractivity contribution in [3.63, 3.8) is 0 Å². The van der Waals surface area contributed by atoms with Crippen molar-refractivity contribution in [2.24, 2.45) is 0 Å². The summed E-state index contributed by atoms with van der Waals surface area (Å²) in [5.74, 6) is -1.12. The van der Waals surface area contributed by atoms with E-state index >= 15 is 0 Å². The van der Waals surface area contributed by atoms with E-state index in [1.54, 1.807) is 0 Å². The van der Waals surface area contributed by atoms with Gasteiger partial charge in [0, 0.05) is 6.07 Å². The normalized spacial score (nSPS) is 11.6. The molecule has 0 aliphatic heterocycles. The minimum absolute atomic E-state index is 0.0434. The van der Waals surface area contributed by atoms with Crippen LogP contribution in [0.25, 0.3) is 0 Å². The molecule has 0 unspecified atom stereocenters. The van der Waals surface area contributed by atoms with Crippen LogP contribution in [-0.4, -0.2) is 30.2 Å². The number of ether oxygens (including phenoxy) is 2. The zero-order valence-electron chi connectivity index (χ0n) is 16.7. The van der Waals surface area contributed by atoms with Crippen LogP contribution < -0.4 is 10.1 Å². The molecule has 2 N–H and O–H groups in total. The quantitative estimate of drug-likeness (QED) is 0.583. The van der Waals surface area contributed by atoms with Gasteiger partial charge in [-0.1, -0.05) is 60.7 Å². The highest BCUT2D eigenvalue weighted by Crippen LogP contribution is 2.25. The van der Waals surface area contributed by atoms with E-state index in [1.165, 1.54) is 32.2 Å². The predicted molar refractivity (Wildman–Crippen MR) is 112 cm³/mol. The van der Waals surface area contributed by atoms with Crippen LogP contribution in [0, 0.1) is 0 Å². The molecular weight excluding hydrogens is 382 g/mol. The van der Waals surface area contributed by atoms with Gasteiger partial charge in [0.15, 0.2) is 6.10 Å². The van der Waals surface area contributed by atoms with Crippen molar-refractivity contribution in [1.29, 1.82) is 0 Å². The number of amides is 1. The van der Waals surface area contributed by atoms with E-state index in [1.807, 2.05) is 60.7 Å². The molecule has 0 aliphatic rings. The van der Waals surface area contributed by atoms with Gasteiger partial charge in [0.2, 0.25) is 0 Å². The Labute approximate surface area is 175 Å². The maximum absolute atomic E-state index is 12.8. The van der Waals surface area contributed by atoms with Gasteiger partial charge in [-0.25, -0.2) is 4.79 Å². The van der Waals surface area contributed by atoms with Crippen molar-refractivity contribution >= 4 is 11.9 Å². The predicted octanol–water partition coefficient (Wildman–Crippen LogP) is 3.85. The fraction of sp³-hybridized carbons (Fsp3) is 0.167. The molecule has 0 fully saturated rings. The number of carbonyl (C=O) groups excluding carboxylic acids is 2. The third kappa shape index (κ3) is 4.97. The molecule has 1 atom stereocenters. The zero-order chi connectivity index (χ0) is 21.5. The Bertz CT molecular complexity index is 965. The monoisotopic (exact) mass is 405 g/mol. The molecule has 154 valence electrons. The smallest absolute Gasteiger partial charge is 0.342 e. The van der Waals surface area contributed by atoms with E-state index in [0.717, 1.165) is 11.1 Å². The summed E-state index contributed by atoms with van der Waals surface area (Å²) in [5, 5.41) is 12.9. The van der Waals surface area contributed by atoms with Crippen molar-refractivity contribution in [3.05, 3.63) is 95.6 Å². The minimum atomic E-state index is -1.06.